The quantitative estimate of drug-likeness (QED) is 0.147. The second-order valence-electron chi connectivity index (χ2n) is 8.11. The molecule has 0 aromatic heterocycles. The van der Waals surface area contributed by atoms with Gasteiger partial charge in [-0.25, -0.2) is 4.79 Å². The van der Waals surface area contributed by atoms with Gasteiger partial charge in [0.2, 0.25) is 6.29 Å². The maximum atomic E-state index is 10.1. The number of carboxylic acids is 1. The highest BCUT2D eigenvalue weighted by molar-refractivity contribution is 5.78. The number of ether oxygens (including phenoxy) is 6. The maximum absolute atomic E-state index is 10.1. The van der Waals surface area contributed by atoms with Gasteiger partial charge in [-0.3, -0.25) is 0 Å². The molecule has 1 rings (SSSR count). The fourth-order valence-corrected chi connectivity index (χ4v) is 2.50. The summed E-state index contributed by atoms with van der Waals surface area (Å²) in [6.45, 7) is 13.3. The molecule has 10 nitrogen and oxygen atoms in total. The standard InChI is InChI=1S/C22H38O8.C3H4O2/c1-22(2,3)19-6-4-5-7-20(19)30-21(24)18-29-17-16-28-15-14-27-13-12-26-11-10-25-9-8-23;1-2-3(4)5/h4-7,21,23-24H,8-18H2,1-3H3;2H,1H2,(H,4,5). The van der Waals surface area contributed by atoms with Crippen LogP contribution < -0.4 is 4.74 Å². The number of aliphatic carboxylic acids is 1. The van der Waals surface area contributed by atoms with E-state index in [0.717, 1.165) is 11.6 Å². The van der Waals surface area contributed by atoms with Crippen LogP contribution in [0.1, 0.15) is 26.3 Å². The van der Waals surface area contributed by atoms with Gasteiger partial charge in [0.05, 0.1) is 66.1 Å². The highest BCUT2D eigenvalue weighted by atomic mass is 16.6. The number of para-hydroxylation sites is 1. The predicted octanol–water partition coefficient (Wildman–Crippen LogP) is 2.01. The zero-order chi connectivity index (χ0) is 26.4. The van der Waals surface area contributed by atoms with Crippen molar-refractivity contribution in [2.45, 2.75) is 32.5 Å². The fourth-order valence-electron chi connectivity index (χ4n) is 2.50. The Morgan fingerprint density at radius 2 is 1.31 bits per heavy atom. The van der Waals surface area contributed by atoms with E-state index in [9.17, 15) is 9.90 Å². The molecule has 0 aliphatic heterocycles. The first-order chi connectivity index (χ1) is 16.7. The van der Waals surface area contributed by atoms with Gasteiger partial charge < -0.3 is 43.7 Å². The van der Waals surface area contributed by atoms with Gasteiger partial charge in [0.15, 0.2) is 0 Å². The van der Waals surface area contributed by atoms with E-state index in [0.29, 0.717) is 65.2 Å². The minimum absolute atomic E-state index is 0.0223. The van der Waals surface area contributed by atoms with Gasteiger partial charge >= 0.3 is 5.97 Å². The number of hydrogen-bond acceptors (Lipinski definition) is 9. The molecule has 1 aromatic rings. The summed E-state index contributed by atoms with van der Waals surface area (Å²) < 4.78 is 32.2. The van der Waals surface area contributed by atoms with Gasteiger partial charge in [0.25, 0.3) is 0 Å². The number of carboxylic acid groups (broad SMARTS) is 1. The van der Waals surface area contributed by atoms with Crippen molar-refractivity contribution in [3.05, 3.63) is 42.5 Å². The van der Waals surface area contributed by atoms with E-state index in [1.165, 1.54) is 0 Å². The lowest BCUT2D eigenvalue weighted by molar-refractivity contribution is -0.131. The van der Waals surface area contributed by atoms with E-state index < -0.39 is 12.3 Å². The Balaban J connectivity index is 0.00000209. The molecule has 0 fully saturated rings. The number of aliphatic hydroxyl groups is 2. The first-order valence-electron chi connectivity index (χ1n) is 11.5. The maximum Gasteiger partial charge on any atom is 0.327 e. The van der Waals surface area contributed by atoms with Crippen molar-refractivity contribution >= 4 is 5.97 Å². The first kappa shape index (κ1) is 33.0. The van der Waals surface area contributed by atoms with Crippen molar-refractivity contribution in [1.29, 1.82) is 0 Å². The molecule has 0 heterocycles. The summed E-state index contributed by atoms with van der Waals surface area (Å²) in [6.07, 6.45) is -0.203. The molecule has 0 aliphatic rings. The van der Waals surface area contributed by atoms with Crippen LogP contribution >= 0.6 is 0 Å². The van der Waals surface area contributed by atoms with Crippen molar-refractivity contribution in [1.82, 2.24) is 0 Å². The molecule has 0 saturated carbocycles. The summed E-state index contributed by atoms with van der Waals surface area (Å²) in [4.78, 5) is 9.25. The highest BCUT2D eigenvalue weighted by Gasteiger charge is 2.20. The van der Waals surface area contributed by atoms with Gasteiger partial charge in [-0.05, 0) is 17.0 Å². The molecule has 0 spiro atoms. The molecule has 0 bridgehead atoms. The topological polar surface area (TPSA) is 133 Å². The zero-order valence-corrected chi connectivity index (χ0v) is 21.1. The third-order valence-corrected chi connectivity index (χ3v) is 4.12. The normalized spacial score (nSPS) is 11.9. The molecule has 0 amide bonds. The Labute approximate surface area is 208 Å². The second kappa shape index (κ2) is 21.3. The summed E-state index contributed by atoms with van der Waals surface area (Å²) in [6, 6.07) is 7.69. The van der Waals surface area contributed by atoms with Gasteiger partial charge in [0.1, 0.15) is 12.4 Å². The van der Waals surface area contributed by atoms with Crippen LogP contribution in [-0.4, -0.2) is 100 Å². The SMILES string of the molecule is C=CC(=O)O.CC(C)(C)c1ccccc1OC(O)COCCOCCOCCOCCOCCO. The Kier molecular flexibility index (Phi) is 20.0. The van der Waals surface area contributed by atoms with Crippen molar-refractivity contribution in [2.75, 3.05) is 72.7 Å². The monoisotopic (exact) mass is 502 g/mol. The van der Waals surface area contributed by atoms with E-state index in [1.54, 1.807) is 0 Å². The van der Waals surface area contributed by atoms with Crippen LogP contribution in [0.5, 0.6) is 5.75 Å². The smallest absolute Gasteiger partial charge is 0.327 e. The Bertz CT molecular complexity index is 660. The van der Waals surface area contributed by atoms with Crippen molar-refractivity contribution in [2.24, 2.45) is 0 Å². The molecule has 35 heavy (non-hydrogen) atoms. The highest BCUT2D eigenvalue weighted by Crippen LogP contribution is 2.31. The molecule has 1 aromatic carbocycles. The van der Waals surface area contributed by atoms with Crippen LogP contribution in [-0.2, 0) is 33.9 Å². The van der Waals surface area contributed by atoms with E-state index in [1.807, 2.05) is 24.3 Å². The number of carbonyl (C=O) groups is 1. The molecule has 1 unspecified atom stereocenters. The summed E-state index contributed by atoms with van der Waals surface area (Å²) in [5.41, 5.74) is 0.960. The van der Waals surface area contributed by atoms with E-state index >= 15 is 0 Å². The summed E-state index contributed by atoms with van der Waals surface area (Å²) in [5.74, 6) is -0.318. The number of hydrogen-bond donors (Lipinski definition) is 3. The molecule has 1 atom stereocenters. The Morgan fingerprint density at radius 1 is 0.886 bits per heavy atom. The van der Waals surface area contributed by atoms with E-state index in [2.05, 4.69) is 27.4 Å². The molecule has 202 valence electrons. The minimum atomic E-state index is -1.04. The van der Waals surface area contributed by atoms with Gasteiger partial charge in [-0.2, -0.15) is 0 Å². The molecular weight excluding hydrogens is 460 g/mol. The lowest BCUT2D eigenvalue weighted by Crippen LogP contribution is -2.25. The van der Waals surface area contributed by atoms with Crippen molar-refractivity contribution < 1.29 is 48.5 Å². The average Bonchev–Trinajstić information content (AvgIpc) is 2.81. The molecule has 0 aliphatic carbocycles. The molecule has 0 radical (unpaired) electrons. The second-order valence-corrected chi connectivity index (χ2v) is 8.11. The van der Waals surface area contributed by atoms with E-state index in [4.69, 9.17) is 38.6 Å². The Morgan fingerprint density at radius 3 is 1.74 bits per heavy atom. The van der Waals surface area contributed by atoms with Crippen LogP contribution in [0, 0.1) is 0 Å². The van der Waals surface area contributed by atoms with Crippen LogP contribution in [0.15, 0.2) is 36.9 Å². The number of aliphatic hydroxyl groups excluding tert-OH is 2. The van der Waals surface area contributed by atoms with Gasteiger partial charge in [-0.1, -0.05) is 45.5 Å². The molecule has 10 heteroatoms. The number of benzene rings is 1. The summed E-state index contributed by atoms with van der Waals surface area (Å²) in [5, 5.41) is 26.2. The van der Waals surface area contributed by atoms with Crippen molar-refractivity contribution in [3.8, 4) is 5.75 Å². The average molecular weight is 503 g/mol. The van der Waals surface area contributed by atoms with Crippen LogP contribution in [0.2, 0.25) is 0 Å². The third-order valence-electron chi connectivity index (χ3n) is 4.12. The molecule has 3 N–H and O–H groups in total. The molecular formula is C25H42O10. The molecule has 0 saturated heterocycles. The lowest BCUT2D eigenvalue weighted by atomic mass is 9.86. The minimum Gasteiger partial charge on any atom is -0.478 e. The van der Waals surface area contributed by atoms with Crippen LogP contribution in [0.3, 0.4) is 0 Å². The largest absolute Gasteiger partial charge is 0.478 e. The summed E-state index contributed by atoms with van der Waals surface area (Å²) in [7, 11) is 0. The van der Waals surface area contributed by atoms with E-state index in [-0.39, 0.29) is 18.6 Å². The Hall–Kier alpha value is -2.05. The summed E-state index contributed by atoms with van der Waals surface area (Å²) >= 11 is 0. The number of rotatable bonds is 19. The van der Waals surface area contributed by atoms with Crippen LogP contribution in [0.4, 0.5) is 0 Å². The third kappa shape index (κ3) is 19.9. The zero-order valence-electron chi connectivity index (χ0n) is 21.1. The van der Waals surface area contributed by atoms with Crippen LogP contribution in [0.25, 0.3) is 0 Å². The predicted molar refractivity (Wildman–Crippen MR) is 131 cm³/mol. The first-order valence-corrected chi connectivity index (χ1v) is 11.5. The van der Waals surface area contributed by atoms with Gasteiger partial charge in [0, 0.05) is 6.08 Å². The van der Waals surface area contributed by atoms with Gasteiger partial charge in [-0.15, -0.1) is 0 Å². The lowest BCUT2D eigenvalue weighted by Gasteiger charge is -2.24. The van der Waals surface area contributed by atoms with Crippen molar-refractivity contribution in [3.63, 3.8) is 0 Å². The fraction of sp³-hybridized carbons (Fsp3) is 0.640.